The fraction of sp³-hybridized carbons (Fsp3) is 0.385. The molecule has 5 rings (SSSR count). The van der Waals surface area contributed by atoms with Gasteiger partial charge < -0.3 is 14.1 Å². The minimum absolute atomic E-state index is 0. The van der Waals surface area contributed by atoms with Gasteiger partial charge in [-0.15, -0.1) is 17.0 Å². The summed E-state index contributed by atoms with van der Waals surface area (Å²) in [5.41, 5.74) is 4.69. The van der Waals surface area contributed by atoms with E-state index in [0.29, 0.717) is 46.6 Å². The summed E-state index contributed by atoms with van der Waals surface area (Å²) in [6.07, 6.45) is 5.32. The summed E-state index contributed by atoms with van der Waals surface area (Å²) < 4.78 is 11.3. The van der Waals surface area contributed by atoms with Crippen molar-refractivity contribution in [3.8, 4) is 17.1 Å². The molecule has 1 N–H and O–H groups in total. The van der Waals surface area contributed by atoms with Gasteiger partial charge in [-0.1, -0.05) is 26.8 Å². The molecule has 3 heterocycles. The minimum atomic E-state index is -0.254. The summed E-state index contributed by atoms with van der Waals surface area (Å²) in [6.45, 7) is 6.88. The number of methoxy groups -OCH3 is 1. The lowest BCUT2D eigenvalue weighted by Gasteiger charge is -2.25. The Balaban J connectivity index is 0.00000274. The predicted molar refractivity (Wildman–Crippen MR) is 135 cm³/mol. The van der Waals surface area contributed by atoms with E-state index in [0.717, 1.165) is 16.8 Å². The Morgan fingerprint density at radius 2 is 2.03 bits per heavy atom. The number of ketones is 1. The van der Waals surface area contributed by atoms with Gasteiger partial charge in [0.25, 0.3) is 0 Å². The van der Waals surface area contributed by atoms with Crippen molar-refractivity contribution in [1.29, 1.82) is 5.41 Å². The number of oxazole rings is 1. The number of benzene rings is 1. The van der Waals surface area contributed by atoms with E-state index in [4.69, 9.17) is 19.5 Å². The zero-order valence-electron chi connectivity index (χ0n) is 19.8. The molecule has 0 atom stereocenters. The van der Waals surface area contributed by atoms with Crippen LogP contribution in [-0.4, -0.2) is 40.1 Å². The van der Waals surface area contributed by atoms with Crippen molar-refractivity contribution >= 4 is 28.6 Å². The molecule has 2 aromatic heterocycles. The molecule has 0 bridgehead atoms. The second-order valence-corrected chi connectivity index (χ2v) is 9.87. The molecule has 0 radical (unpaired) electrons. The van der Waals surface area contributed by atoms with Gasteiger partial charge in [0, 0.05) is 34.8 Å². The van der Waals surface area contributed by atoms with E-state index in [1.54, 1.807) is 24.3 Å². The van der Waals surface area contributed by atoms with Crippen LogP contribution in [0, 0.1) is 5.41 Å². The number of carbonyl (C=O) groups excluding carboxylic acids is 1. The molecule has 34 heavy (non-hydrogen) atoms. The number of hydrogen-bond acceptors (Lipinski definition) is 6. The van der Waals surface area contributed by atoms with Crippen LogP contribution in [0.15, 0.2) is 41.3 Å². The number of amidine groups is 1. The number of rotatable bonds is 6. The van der Waals surface area contributed by atoms with Crippen LogP contribution in [0.1, 0.15) is 72.4 Å². The first-order valence-electron chi connectivity index (χ1n) is 11.2. The first kappa shape index (κ1) is 24.1. The molecule has 3 aromatic rings. The molecule has 1 aliphatic carbocycles. The van der Waals surface area contributed by atoms with Crippen LogP contribution in [0.3, 0.4) is 0 Å². The normalized spacial score (nSPS) is 15.2. The summed E-state index contributed by atoms with van der Waals surface area (Å²) in [7, 11) is 1.62. The zero-order valence-corrected chi connectivity index (χ0v) is 21.6. The van der Waals surface area contributed by atoms with Gasteiger partial charge in [-0.25, -0.2) is 9.97 Å². The summed E-state index contributed by atoms with van der Waals surface area (Å²) in [5, 5.41) is 8.63. The second kappa shape index (κ2) is 8.98. The van der Waals surface area contributed by atoms with Gasteiger partial charge in [0.15, 0.2) is 17.9 Å². The lowest BCUT2D eigenvalue weighted by molar-refractivity contribution is 0.0962. The molecule has 2 aliphatic rings. The molecule has 1 aliphatic heterocycles. The zero-order chi connectivity index (χ0) is 23.3. The van der Waals surface area contributed by atoms with Crippen LogP contribution < -0.4 is 4.74 Å². The number of Topliss-reactive ketones (excluding diaryl/α,β-unsaturated/α-hetero) is 1. The quantitative estimate of drug-likeness (QED) is 0.426. The number of fused-ring (bicyclic) bond motifs is 1. The van der Waals surface area contributed by atoms with E-state index in [9.17, 15) is 4.79 Å². The number of nitrogens with one attached hydrogen (secondary N) is 1. The van der Waals surface area contributed by atoms with Crippen LogP contribution in [0.25, 0.3) is 11.3 Å². The third-order valence-corrected chi connectivity index (χ3v) is 6.35. The molecule has 1 saturated carbocycles. The highest BCUT2D eigenvalue weighted by Gasteiger charge is 2.32. The molecule has 0 amide bonds. The van der Waals surface area contributed by atoms with Crippen molar-refractivity contribution in [2.45, 2.75) is 51.5 Å². The Labute approximate surface area is 209 Å². The number of hydrogen-bond donors (Lipinski definition) is 1. The standard InChI is InChI=1S/C26H28N4O3.BrH/c1-26(2,3)19-10-17(9-18(24(19)32-4)22-11-28-14-33-22)21(31)13-30-12-16-7-8-20(15-5-6-15)29-23(16)25(30)27;/h7-11,14-15,27H,5-6,12-13H2,1-4H3;1H. The number of pyridine rings is 1. The first-order valence-corrected chi connectivity index (χ1v) is 11.2. The second-order valence-electron chi connectivity index (χ2n) is 9.87. The highest BCUT2D eigenvalue weighted by atomic mass is 79.9. The fourth-order valence-corrected chi connectivity index (χ4v) is 4.37. The lowest BCUT2D eigenvalue weighted by Crippen LogP contribution is -2.30. The third-order valence-electron chi connectivity index (χ3n) is 6.35. The van der Waals surface area contributed by atoms with Gasteiger partial charge in [-0.2, -0.15) is 0 Å². The van der Waals surface area contributed by atoms with Gasteiger partial charge in [-0.3, -0.25) is 10.2 Å². The molecule has 8 heteroatoms. The van der Waals surface area contributed by atoms with Crippen molar-refractivity contribution in [1.82, 2.24) is 14.9 Å². The lowest BCUT2D eigenvalue weighted by atomic mass is 9.83. The highest BCUT2D eigenvalue weighted by Crippen LogP contribution is 2.41. The van der Waals surface area contributed by atoms with E-state index in [-0.39, 0.29) is 34.7 Å². The molecule has 178 valence electrons. The van der Waals surface area contributed by atoms with E-state index in [2.05, 4.69) is 37.9 Å². The summed E-state index contributed by atoms with van der Waals surface area (Å²) in [5.74, 6) is 2.01. The van der Waals surface area contributed by atoms with Gasteiger partial charge in [0.1, 0.15) is 17.3 Å². The van der Waals surface area contributed by atoms with Crippen LogP contribution in [0.5, 0.6) is 5.75 Å². The maximum Gasteiger partial charge on any atom is 0.182 e. The Kier molecular flexibility index (Phi) is 6.38. The van der Waals surface area contributed by atoms with Crippen molar-refractivity contribution < 1.29 is 13.9 Å². The van der Waals surface area contributed by atoms with Crippen molar-refractivity contribution in [3.05, 3.63) is 64.9 Å². The molecular weight excluding hydrogens is 496 g/mol. The smallest absolute Gasteiger partial charge is 0.182 e. The molecule has 1 aromatic carbocycles. The Bertz CT molecular complexity index is 1240. The summed E-state index contributed by atoms with van der Waals surface area (Å²) in [6, 6.07) is 7.82. The maximum atomic E-state index is 13.4. The molecule has 0 unspecified atom stereocenters. The van der Waals surface area contributed by atoms with Crippen LogP contribution >= 0.6 is 17.0 Å². The SMILES string of the molecule is Br.COc1c(-c2cnco2)cc(C(=O)CN2Cc3ccc(C4CC4)nc3C2=N)cc1C(C)(C)C. The highest BCUT2D eigenvalue weighted by molar-refractivity contribution is 8.93. The van der Waals surface area contributed by atoms with Crippen molar-refractivity contribution in [2.75, 3.05) is 13.7 Å². The van der Waals surface area contributed by atoms with Gasteiger partial charge in [0.2, 0.25) is 0 Å². The van der Waals surface area contributed by atoms with Crippen LogP contribution in [0.2, 0.25) is 0 Å². The Morgan fingerprint density at radius 3 is 2.65 bits per heavy atom. The summed E-state index contributed by atoms with van der Waals surface area (Å²) >= 11 is 0. The molecule has 0 saturated heterocycles. The monoisotopic (exact) mass is 524 g/mol. The first-order chi connectivity index (χ1) is 15.8. The maximum absolute atomic E-state index is 13.4. The van der Waals surface area contributed by atoms with Crippen LogP contribution in [0.4, 0.5) is 0 Å². The van der Waals surface area contributed by atoms with E-state index < -0.39 is 0 Å². The van der Waals surface area contributed by atoms with E-state index in [1.165, 1.54) is 19.2 Å². The predicted octanol–water partition coefficient (Wildman–Crippen LogP) is 5.52. The average Bonchev–Trinajstić information content (AvgIpc) is 3.40. The number of nitrogens with zero attached hydrogens (tertiary/aromatic N) is 3. The summed E-state index contributed by atoms with van der Waals surface area (Å²) in [4.78, 5) is 24.0. The third kappa shape index (κ3) is 4.39. The van der Waals surface area contributed by atoms with Crippen molar-refractivity contribution in [3.63, 3.8) is 0 Å². The van der Waals surface area contributed by atoms with Crippen LogP contribution in [-0.2, 0) is 12.0 Å². The van der Waals surface area contributed by atoms with E-state index >= 15 is 0 Å². The molecule has 0 spiro atoms. The Hall–Kier alpha value is -3.00. The number of carbonyl (C=O) groups is 1. The average molecular weight is 525 g/mol. The van der Waals surface area contributed by atoms with Gasteiger partial charge >= 0.3 is 0 Å². The minimum Gasteiger partial charge on any atom is -0.496 e. The Morgan fingerprint density at radius 1 is 1.26 bits per heavy atom. The number of halogens is 1. The molecule has 1 fully saturated rings. The molecular formula is C26H29BrN4O3. The van der Waals surface area contributed by atoms with E-state index in [1.807, 2.05) is 6.07 Å². The molecule has 7 nitrogen and oxygen atoms in total. The van der Waals surface area contributed by atoms with Gasteiger partial charge in [-0.05, 0) is 36.5 Å². The number of ether oxygens (including phenoxy) is 1. The topological polar surface area (TPSA) is 92.3 Å². The number of aromatic nitrogens is 2. The van der Waals surface area contributed by atoms with Gasteiger partial charge in [0.05, 0.1) is 25.4 Å². The fourth-order valence-electron chi connectivity index (χ4n) is 4.37. The largest absolute Gasteiger partial charge is 0.496 e. The van der Waals surface area contributed by atoms with Crippen molar-refractivity contribution in [2.24, 2.45) is 0 Å².